The summed E-state index contributed by atoms with van der Waals surface area (Å²) in [7, 11) is -4.38. The van der Waals surface area contributed by atoms with Crippen molar-refractivity contribution < 1.29 is 40.0 Å². The number of hydrogen-bond donors (Lipinski definition) is 0. The van der Waals surface area contributed by atoms with Crippen LogP contribution >= 0.6 is 7.60 Å². The molecule has 0 fully saturated rings. The molecule has 0 aromatic heterocycles. The van der Waals surface area contributed by atoms with Crippen molar-refractivity contribution in [3.05, 3.63) is 0 Å². The molecule has 0 aromatic rings. The Hall–Kier alpha value is -0.270. The van der Waals surface area contributed by atoms with E-state index in [1.54, 1.807) is 0 Å². The molecule has 0 saturated heterocycles. The summed E-state index contributed by atoms with van der Waals surface area (Å²) in [6, 6.07) is 0. The molecule has 0 radical (unpaired) electrons. The molecule has 0 spiro atoms. The third-order valence-electron chi connectivity index (χ3n) is 1.26. The number of alkyl halides is 6. The lowest BCUT2D eigenvalue weighted by Crippen LogP contribution is -2.43. The van der Waals surface area contributed by atoms with Crippen molar-refractivity contribution in [3.63, 3.8) is 0 Å². The fourth-order valence-electron chi connectivity index (χ4n) is 0.762. The van der Waals surface area contributed by atoms with Crippen LogP contribution in [0.5, 0.6) is 0 Å². The Labute approximate surface area is 87.2 Å². The number of hydrogen-bond acceptors (Lipinski definition) is 3. The lowest BCUT2D eigenvalue weighted by atomic mass is 10.3. The second-order valence-electron chi connectivity index (χ2n) is 2.76. The van der Waals surface area contributed by atoms with Crippen molar-refractivity contribution in [1.29, 1.82) is 0 Å². The highest BCUT2D eigenvalue weighted by Gasteiger charge is 2.60. The molecular formula is C6H9F6O3P. The summed E-state index contributed by atoms with van der Waals surface area (Å²) in [5, 5.41) is 0. The zero-order chi connectivity index (χ0) is 13.2. The molecule has 0 amide bonds. The van der Waals surface area contributed by atoms with Gasteiger partial charge < -0.3 is 4.52 Å². The van der Waals surface area contributed by atoms with Gasteiger partial charge in [0.15, 0.2) is 0 Å². The van der Waals surface area contributed by atoms with Gasteiger partial charge in [-0.2, -0.15) is 26.3 Å². The van der Waals surface area contributed by atoms with Crippen molar-refractivity contribution in [1.82, 2.24) is 0 Å². The van der Waals surface area contributed by atoms with Crippen LogP contribution in [-0.4, -0.2) is 31.7 Å². The first-order valence-corrected chi connectivity index (χ1v) is 5.93. The Morgan fingerprint density at radius 2 is 1.50 bits per heavy atom. The molecule has 1 atom stereocenters. The standard InChI is InChI=1S/C6H9F6O3P/c1-3-14-16(2,13)15-4(5(7,8)9)6(10,11)12/h4H,3H2,1-2H3/t16-/m1/s1. The van der Waals surface area contributed by atoms with Gasteiger partial charge in [-0.15, -0.1) is 0 Å². The molecule has 98 valence electrons. The molecule has 16 heavy (non-hydrogen) atoms. The van der Waals surface area contributed by atoms with Crippen LogP contribution in [0.2, 0.25) is 0 Å². The first-order valence-electron chi connectivity index (χ1n) is 3.94. The number of halogens is 6. The summed E-state index contributed by atoms with van der Waals surface area (Å²) in [6.45, 7) is 1.48. The Balaban J connectivity index is 4.91. The van der Waals surface area contributed by atoms with Crippen molar-refractivity contribution in [2.45, 2.75) is 25.4 Å². The quantitative estimate of drug-likeness (QED) is 0.582. The third kappa shape index (κ3) is 5.18. The molecule has 0 aliphatic heterocycles. The first-order chi connectivity index (χ1) is 6.90. The van der Waals surface area contributed by atoms with Gasteiger partial charge >= 0.3 is 19.9 Å². The van der Waals surface area contributed by atoms with E-state index in [0.717, 1.165) is 0 Å². The molecule has 3 nitrogen and oxygen atoms in total. The minimum Gasteiger partial charge on any atom is -0.309 e. The maximum atomic E-state index is 12.0. The van der Waals surface area contributed by atoms with Gasteiger partial charge in [0.25, 0.3) is 6.10 Å². The Bertz CT molecular complexity index is 258. The molecular weight excluding hydrogens is 265 g/mol. The monoisotopic (exact) mass is 274 g/mol. The van der Waals surface area contributed by atoms with Gasteiger partial charge in [-0.1, -0.05) is 0 Å². The Morgan fingerprint density at radius 1 is 1.12 bits per heavy atom. The van der Waals surface area contributed by atoms with Gasteiger partial charge in [0.05, 0.1) is 6.61 Å². The van der Waals surface area contributed by atoms with Crippen LogP contribution < -0.4 is 0 Å². The summed E-state index contributed by atoms with van der Waals surface area (Å²) in [5.41, 5.74) is 0. The Kier molecular flexibility index (Phi) is 4.85. The zero-order valence-electron chi connectivity index (χ0n) is 8.22. The van der Waals surface area contributed by atoms with E-state index >= 15 is 0 Å². The van der Waals surface area contributed by atoms with Crippen LogP contribution in [0.4, 0.5) is 26.3 Å². The largest absolute Gasteiger partial charge is 0.424 e. The molecule has 0 aliphatic carbocycles. The van der Waals surface area contributed by atoms with Crippen molar-refractivity contribution >= 4 is 7.60 Å². The predicted octanol–water partition coefficient (Wildman–Crippen LogP) is 3.36. The van der Waals surface area contributed by atoms with Gasteiger partial charge in [-0.25, -0.2) is 0 Å². The van der Waals surface area contributed by atoms with Crippen molar-refractivity contribution in [2.75, 3.05) is 13.3 Å². The van der Waals surface area contributed by atoms with Crippen LogP contribution in [0.1, 0.15) is 6.92 Å². The molecule has 0 unspecified atom stereocenters. The zero-order valence-corrected chi connectivity index (χ0v) is 9.12. The fraction of sp³-hybridized carbons (Fsp3) is 1.00. The highest BCUT2D eigenvalue weighted by molar-refractivity contribution is 7.53. The number of rotatable bonds is 4. The first kappa shape index (κ1) is 15.7. The van der Waals surface area contributed by atoms with Gasteiger partial charge in [0.1, 0.15) is 0 Å². The van der Waals surface area contributed by atoms with Gasteiger partial charge in [-0.3, -0.25) is 9.09 Å². The molecule has 0 rings (SSSR count). The topological polar surface area (TPSA) is 35.5 Å². The normalized spacial score (nSPS) is 17.6. The fourth-order valence-corrected chi connectivity index (χ4v) is 1.91. The second-order valence-corrected chi connectivity index (χ2v) is 4.77. The molecule has 0 bridgehead atoms. The molecule has 0 saturated carbocycles. The van der Waals surface area contributed by atoms with Crippen molar-refractivity contribution in [2.24, 2.45) is 0 Å². The second kappa shape index (κ2) is 4.93. The van der Waals surface area contributed by atoms with Gasteiger partial charge in [0.2, 0.25) is 0 Å². The summed E-state index contributed by atoms with van der Waals surface area (Å²) in [4.78, 5) is 0. The van der Waals surface area contributed by atoms with E-state index in [9.17, 15) is 30.9 Å². The van der Waals surface area contributed by atoms with E-state index in [1.807, 2.05) is 0 Å². The molecule has 0 aromatic carbocycles. The molecule has 0 aliphatic rings. The van der Waals surface area contributed by atoms with E-state index in [0.29, 0.717) is 6.66 Å². The van der Waals surface area contributed by atoms with Crippen LogP contribution in [0.3, 0.4) is 0 Å². The Morgan fingerprint density at radius 3 is 1.75 bits per heavy atom. The van der Waals surface area contributed by atoms with E-state index in [1.165, 1.54) is 6.92 Å². The summed E-state index contributed by atoms with van der Waals surface area (Å²) in [6.07, 6.45) is -15.5. The third-order valence-corrected chi connectivity index (χ3v) is 2.58. The lowest BCUT2D eigenvalue weighted by Gasteiger charge is -2.25. The average Bonchev–Trinajstić information content (AvgIpc) is 1.96. The van der Waals surface area contributed by atoms with E-state index in [2.05, 4.69) is 9.05 Å². The molecule has 0 N–H and O–H groups in total. The minimum absolute atomic E-state index is 0.323. The van der Waals surface area contributed by atoms with E-state index in [4.69, 9.17) is 0 Å². The van der Waals surface area contributed by atoms with Crippen LogP contribution in [0, 0.1) is 0 Å². The SMILES string of the molecule is CCO[P@@](C)(=O)OC(C(F)(F)F)C(F)(F)F. The smallest absolute Gasteiger partial charge is 0.309 e. The maximum absolute atomic E-state index is 12.0. The average molecular weight is 274 g/mol. The highest BCUT2D eigenvalue weighted by Crippen LogP contribution is 2.50. The van der Waals surface area contributed by atoms with Gasteiger partial charge in [-0.05, 0) is 6.92 Å². The highest BCUT2D eigenvalue weighted by atomic mass is 31.2. The van der Waals surface area contributed by atoms with Crippen molar-refractivity contribution in [3.8, 4) is 0 Å². The van der Waals surface area contributed by atoms with Crippen LogP contribution in [0.15, 0.2) is 0 Å². The minimum atomic E-state index is -5.69. The predicted molar refractivity (Wildman–Crippen MR) is 42.1 cm³/mol. The van der Waals surface area contributed by atoms with Crippen LogP contribution in [-0.2, 0) is 13.6 Å². The van der Waals surface area contributed by atoms with E-state index < -0.39 is 26.1 Å². The lowest BCUT2D eigenvalue weighted by molar-refractivity contribution is -0.301. The van der Waals surface area contributed by atoms with Crippen LogP contribution in [0.25, 0.3) is 0 Å². The molecule has 10 heteroatoms. The molecule has 0 heterocycles. The maximum Gasteiger partial charge on any atom is 0.424 e. The van der Waals surface area contributed by atoms with E-state index in [-0.39, 0.29) is 6.61 Å². The summed E-state index contributed by atoms with van der Waals surface area (Å²) >= 11 is 0. The summed E-state index contributed by atoms with van der Waals surface area (Å²) in [5.74, 6) is 0. The summed E-state index contributed by atoms with van der Waals surface area (Å²) < 4.78 is 90.5. The van der Waals surface area contributed by atoms with Gasteiger partial charge in [0, 0.05) is 6.66 Å².